The van der Waals surface area contributed by atoms with Gasteiger partial charge >= 0.3 is 18.2 Å². The number of alkyl halides is 3. The SMILES string of the molecule is CCOC(=O)c1cc(C(F)(F)F)c(CN2CCN(C(=O)O)CC2)c(Cl)c1N. The van der Waals surface area contributed by atoms with E-state index in [1.807, 2.05) is 0 Å². The van der Waals surface area contributed by atoms with E-state index < -0.39 is 29.4 Å². The van der Waals surface area contributed by atoms with Crippen LogP contribution in [0.5, 0.6) is 0 Å². The van der Waals surface area contributed by atoms with E-state index in [9.17, 15) is 22.8 Å². The Hall–Kier alpha value is -2.20. The highest BCUT2D eigenvalue weighted by Crippen LogP contribution is 2.40. The molecule has 0 aromatic heterocycles. The van der Waals surface area contributed by atoms with Crippen LogP contribution in [0.4, 0.5) is 23.7 Å². The summed E-state index contributed by atoms with van der Waals surface area (Å²) in [6.45, 7) is 2.17. The van der Waals surface area contributed by atoms with Gasteiger partial charge in [-0.2, -0.15) is 13.2 Å². The van der Waals surface area contributed by atoms with Crippen molar-refractivity contribution in [2.45, 2.75) is 19.6 Å². The van der Waals surface area contributed by atoms with Crippen LogP contribution in [-0.2, 0) is 17.5 Å². The van der Waals surface area contributed by atoms with Crippen molar-refractivity contribution in [1.29, 1.82) is 0 Å². The van der Waals surface area contributed by atoms with Gasteiger partial charge in [-0.15, -0.1) is 0 Å². The molecule has 150 valence electrons. The molecule has 0 atom stereocenters. The molecule has 2 rings (SSSR count). The summed E-state index contributed by atoms with van der Waals surface area (Å²) in [4.78, 5) is 25.7. The molecule has 1 aromatic rings. The summed E-state index contributed by atoms with van der Waals surface area (Å²) in [7, 11) is 0. The number of ether oxygens (including phenoxy) is 1. The minimum atomic E-state index is -4.75. The number of esters is 1. The quantitative estimate of drug-likeness (QED) is 0.586. The molecule has 1 aromatic carbocycles. The normalized spacial score (nSPS) is 15.7. The van der Waals surface area contributed by atoms with Gasteiger partial charge in [0.2, 0.25) is 0 Å². The fourth-order valence-corrected chi connectivity index (χ4v) is 3.08. The number of benzene rings is 1. The first kappa shape index (κ1) is 21.1. The number of anilines is 1. The summed E-state index contributed by atoms with van der Waals surface area (Å²) >= 11 is 6.09. The molecule has 1 fully saturated rings. The van der Waals surface area contributed by atoms with Crippen molar-refractivity contribution < 1.29 is 32.6 Å². The van der Waals surface area contributed by atoms with Gasteiger partial charge < -0.3 is 20.5 Å². The Labute approximate surface area is 158 Å². The maximum atomic E-state index is 13.6. The van der Waals surface area contributed by atoms with Crippen molar-refractivity contribution in [2.75, 3.05) is 38.5 Å². The van der Waals surface area contributed by atoms with E-state index in [1.165, 1.54) is 11.8 Å². The summed E-state index contributed by atoms with van der Waals surface area (Å²) in [5, 5.41) is 8.60. The highest BCUT2D eigenvalue weighted by molar-refractivity contribution is 6.34. The Morgan fingerprint density at radius 1 is 1.30 bits per heavy atom. The van der Waals surface area contributed by atoms with Crippen LogP contribution in [0.25, 0.3) is 0 Å². The van der Waals surface area contributed by atoms with Crippen LogP contribution in [0.2, 0.25) is 5.02 Å². The third kappa shape index (κ3) is 4.75. The van der Waals surface area contributed by atoms with Gasteiger partial charge in [0, 0.05) is 32.7 Å². The van der Waals surface area contributed by atoms with Crippen molar-refractivity contribution in [3.05, 3.63) is 27.8 Å². The van der Waals surface area contributed by atoms with Crippen molar-refractivity contribution in [3.63, 3.8) is 0 Å². The first-order chi connectivity index (χ1) is 12.6. The van der Waals surface area contributed by atoms with Crippen LogP contribution in [0.3, 0.4) is 0 Å². The Kier molecular flexibility index (Phi) is 6.42. The molecule has 0 radical (unpaired) electrons. The number of hydrogen-bond acceptors (Lipinski definition) is 5. The Balaban J connectivity index is 2.36. The fourth-order valence-electron chi connectivity index (χ4n) is 2.81. The standard InChI is InChI=1S/C16H19ClF3N3O4/c1-2-27-14(24)9-7-11(16(18,19)20)10(12(17)13(9)21)8-22-3-5-23(6-4-22)15(25)26/h7H,2-6,8,21H2,1H3,(H,25,26). The lowest BCUT2D eigenvalue weighted by Gasteiger charge is -2.34. The second-order valence-electron chi connectivity index (χ2n) is 5.94. The molecule has 1 aliphatic rings. The molecule has 11 heteroatoms. The molecule has 1 aliphatic heterocycles. The summed E-state index contributed by atoms with van der Waals surface area (Å²) in [6.07, 6.45) is -5.83. The zero-order chi connectivity index (χ0) is 20.4. The van der Waals surface area contributed by atoms with Crippen molar-refractivity contribution in [2.24, 2.45) is 0 Å². The highest BCUT2D eigenvalue weighted by Gasteiger charge is 2.37. The maximum Gasteiger partial charge on any atom is 0.416 e. The van der Waals surface area contributed by atoms with Crippen LogP contribution in [0.15, 0.2) is 6.07 Å². The van der Waals surface area contributed by atoms with E-state index in [0.29, 0.717) is 6.07 Å². The number of rotatable bonds is 4. The van der Waals surface area contributed by atoms with E-state index in [2.05, 4.69) is 0 Å². The Morgan fingerprint density at radius 2 is 1.89 bits per heavy atom. The van der Waals surface area contributed by atoms with Crippen LogP contribution in [-0.4, -0.2) is 59.8 Å². The van der Waals surface area contributed by atoms with Gasteiger partial charge in [-0.1, -0.05) is 11.6 Å². The van der Waals surface area contributed by atoms with E-state index in [1.54, 1.807) is 4.90 Å². The second kappa shape index (κ2) is 8.22. The third-order valence-corrected chi connectivity index (χ3v) is 4.66. The lowest BCUT2D eigenvalue weighted by atomic mass is 10.00. The lowest BCUT2D eigenvalue weighted by molar-refractivity contribution is -0.138. The van der Waals surface area contributed by atoms with Gasteiger partial charge in [-0.05, 0) is 18.6 Å². The van der Waals surface area contributed by atoms with Crippen LogP contribution < -0.4 is 5.73 Å². The minimum absolute atomic E-state index is 0.0210. The first-order valence-corrected chi connectivity index (χ1v) is 8.49. The molecule has 0 bridgehead atoms. The van der Waals surface area contributed by atoms with E-state index in [0.717, 1.165) is 0 Å². The number of carboxylic acid groups (broad SMARTS) is 1. The number of halogens is 4. The zero-order valence-electron chi connectivity index (χ0n) is 14.5. The highest BCUT2D eigenvalue weighted by atomic mass is 35.5. The van der Waals surface area contributed by atoms with E-state index >= 15 is 0 Å². The predicted octanol–water partition coefficient (Wildman–Crippen LogP) is 2.91. The number of nitrogens with zero attached hydrogens (tertiary/aromatic N) is 2. The average Bonchev–Trinajstić information content (AvgIpc) is 2.58. The maximum absolute atomic E-state index is 13.6. The summed E-state index contributed by atoms with van der Waals surface area (Å²) in [6, 6.07) is 0.655. The largest absolute Gasteiger partial charge is 0.465 e. The molecule has 0 unspecified atom stereocenters. The number of carbonyl (C=O) groups is 2. The van der Waals surface area contributed by atoms with Crippen LogP contribution in [0, 0.1) is 0 Å². The molecule has 0 aliphatic carbocycles. The summed E-state index contributed by atoms with van der Waals surface area (Å²) in [5.41, 5.74) is 3.76. The van der Waals surface area contributed by atoms with Gasteiger partial charge in [0.1, 0.15) is 0 Å². The molecule has 3 N–H and O–H groups in total. The van der Waals surface area contributed by atoms with Crippen molar-refractivity contribution in [1.82, 2.24) is 9.80 Å². The molecule has 0 saturated carbocycles. The number of carbonyl (C=O) groups excluding carboxylic acids is 1. The van der Waals surface area contributed by atoms with Crippen LogP contribution in [0.1, 0.15) is 28.4 Å². The third-order valence-electron chi connectivity index (χ3n) is 4.23. The van der Waals surface area contributed by atoms with Crippen molar-refractivity contribution >= 4 is 29.4 Å². The Morgan fingerprint density at radius 3 is 2.37 bits per heavy atom. The molecule has 27 heavy (non-hydrogen) atoms. The van der Waals surface area contributed by atoms with Gasteiger partial charge in [-0.3, -0.25) is 4.90 Å². The average molecular weight is 410 g/mol. The number of nitrogen functional groups attached to an aromatic ring is 1. The van der Waals surface area contributed by atoms with Gasteiger partial charge in [0.15, 0.2) is 0 Å². The molecule has 7 nitrogen and oxygen atoms in total. The number of nitrogens with two attached hydrogens (primary N) is 1. The van der Waals surface area contributed by atoms with Crippen molar-refractivity contribution in [3.8, 4) is 0 Å². The molecular weight excluding hydrogens is 391 g/mol. The first-order valence-electron chi connectivity index (χ1n) is 8.11. The number of hydrogen-bond donors (Lipinski definition) is 2. The predicted molar refractivity (Wildman–Crippen MR) is 91.7 cm³/mol. The molecule has 1 heterocycles. The van der Waals surface area contributed by atoms with Gasteiger partial charge in [-0.25, -0.2) is 9.59 Å². The molecular formula is C16H19ClF3N3O4. The topological polar surface area (TPSA) is 96.1 Å². The summed E-state index contributed by atoms with van der Waals surface area (Å²) < 4.78 is 45.4. The molecule has 1 saturated heterocycles. The minimum Gasteiger partial charge on any atom is -0.465 e. The van der Waals surface area contributed by atoms with E-state index in [4.69, 9.17) is 27.2 Å². The Bertz CT molecular complexity index is 735. The smallest absolute Gasteiger partial charge is 0.416 e. The second-order valence-corrected chi connectivity index (χ2v) is 6.32. The monoisotopic (exact) mass is 409 g/mol. The van der Waals surface area contributed by atoms with Gasteiger partial charge in [0.25, 0.3) is 0 Å². The molecule has 0 spiro atoms. The summed E-state index contributed by atoms with van der Waals surface area (Å²) in [5.74, 6) is -0.982. The number of piperazine rings is 1. The molecule has 1 amide bonds. The fraction of sp³-hybridized carbons (Fsp3) is 0.500. The van der Waals surface area contributed by atoms with E-state index in [-0.39, 0.29) is 55.6 Å². The van der Waals surface area contributed by atoms with Gasteiger partial charge in [0.05, 0.1) is 28.4 Å². The van der Waals surface area contributed by atoms with Crippen LogP contribution >= 0.6 is 11.6 Å². The zero-order valence-corrected chi connectivity index (χ0v) is 15.2. The lowest BCUT2D eigenvalue weighted by Crippen LogP contribution is -2.48. The number of amides is 1.